The molecule has 150 valence electrons. The number of hydrogen-bond donors (Lipinski definition) is 1. The summed E-state index contributed by atoms with van der Waals surface area (Å²) in [6, 6.07) is 0.0977. The molecule has 6 heteroatoms. The van der Waals surface area contributed by atoms with E-state index < -0.39 is 0 Å². The third kappa shape index (κ3) is 5.43. The summed E-state index contributed by atoms with van der Waals surface area (Å²) in [4.78, 5) is 29.4. The molecule has 2 rings (SSSR count). The zero-order valence-electron chi connectivity index (χ0n) is 17.3. The maximum atomic E-state index is 13.2. The Balaban J connectivity index is 1.95. The van der Waals surface area contributed by atoms with E-state index in [9.17, 15) is 9.59 Å². The van der Waals surface area contributed by atoms with Crippen LogP contribution in [0.2, 0.25) is 0 Å². The minimum absolute atomic E-state index is 0.00489. The zero-order valence-corrected chi connectivity index (χ0v) is 17.3. The van der Waals surface area contributed by atoms with Crippen LogP contribution in [-0.2, 0) is 14.3 Å². The molecular formula is C20H37N3O3. The summed E-state index contributed by atoms with van der Waals surface area (Å²) in [5.41, 5.74) is 0. The lowest BCUT2D eigenvalue weighted by atomic mass is 9.96. The van der Waals surface area contributed by atoms with Crippen molar-refractivity contribution in [2.45, 2.75) is 78.7 Å². The largest absolute Gasteiger partial charge is 0.373 e. The molecule has 6 nitrogen and oxygen atoms in total. The Labute approximate surface area is 158 Å². The molecule has 2 amide bonds. The number of morpholine rings is 1. The first-order chi connectivity index (χ1) is 12.2. The summed E-state index contributed by atoms with van der Waals surface area (Å²) >= 11 is 0. The predicted molar refractivity (Wildman–Crippen MR) is 103 cm³/mol. The molecule has 3 unspecified atom stereocenters. The molecule has 0 saturated carbocycles. The Hall–Kier alpha value is -1.14. The maximum Gasteiger partial charge on any atom is 0.240 e. The van der Waals surface area contributed by atoms with Gasteiger partial charge in [-0.2, -0.15) is 0 Å². The Bertz CT molecular complexity index is 477. The third-order valence-corrected chi connectivity index (χ3v) is 5.40. The van der Waals surface area contributed by atoms with Crippen LogP contribution in [0.25, 0.3) is 0 Å². The van der Waals surface area contributed by atoms with Gasteiger partial charge in [0.15, 0.2) is 0 Å². The van der Waals surface area contributed by atoms with E-state index in [0.717, 1.165) is 39.0 Å². The molecule has 26 heavy (non-hydrogen) atoms. The Morgan fingerprint density at radius 2 is 1.54 bits per heavy atom. The fraction of sp³-hybridized carbons (Fsp3) is 0.900. The quantitative estimate of drug-likeness (QED) is 0.806. The number of nitrogens with one attached hydrogen (secondary N) is 1. The van der Waals surface area contributed by atoms with Gasteiger partial charge in [0.1, 0.15) is 0 Å². The first kappa shape index (κ1) is 21.2. The molecule has 0 bridgehead atoms. The zero-order chi connectivity index (χ0) is 19.4. The fourth-order valence-electron chi connectivity index (χ4n) is 4.11. The molecule has 3 atom stereocenters. The molecular weight excluding hydrogens is 330 g/mol. The van der Waals surface area contributed by atoms with Crippen molar-refractivity contribution < 1.29 is 14.3 Å². The smallest absolute Gasteiger partial charge is 0.240 e. The van der Waals surface area contributed by atoms with Gasteiger partial charge in [-0.25, -0.2) is 0 Å². The van der Waals surface area contributed by atoms with Crippen LogP contribution in [0.5, 0.6) is 0 Å². The standard InChI is InChI=1S/C20H37N3O3/c1-13(2)18(23-11-15(5)26-16(6)12-23)20(25)22-9-7-17(8-10-22)21-19(24)14(3)4/h13-18H,7-12H2,1-6H3,(H,21,24). The molecule has 0 aliphatic carbocycles. The van der Waals surface area contributed by atoms with Crippen LogP contribution in [0.1, 0.15) is 54.4 Å². The Kier molecular flexibility index (Phi) is 7.47. The van der Waals surface area contributed by atoms with Crippen LogP contribution in [0.15, 0.2) is 0 Å². The van der Waals surface area contributed by atoms with Gasteiger partial charge in [0.05, 0.1) is 18.2 Å². The summed E-state index contributed by atoms with van der Waals surface area (Å²) in [5, 5.41) is 3.10. The van der Waals surface area contributed by atoms with Gasteiger partial charge in [0, 0.05) is 38.1 Å². The van der Waals surface area contributed by atoms with Gasteiger partial charge >= 0.3 is 0 Å². The highest BCUT2D eigenvalue weighted by Gasteiger charge is 2.37. The normalized spacial score (nSPS) is 27.0. The SMILES string of the molecule is CC1CN(C(C(=O)N2CCC(NC(=O)C(C)C)CC2)C(C)C)CC(C)O1. The van der Waals surface area contributed by atoms with E-state index in [4.69, 9.17) is 4.74 Å². The monoisotopic (exact) mass is 367 g/mol. The summed E-state index contributed by atoms with van der Waals surface area (Å²) in [6.07, 6.45) is 1.99. The van der Waals surface area contributed by atoms with Crippen LogP contribution in [-0.4, -0.2) is 72.1 Å². The molecule has 0 aromatic carbocycles. The number of piperidine rings is 1. The highest BCUT2D eigenvalue weighted by molar-refractivity contribution is 5.82. The van der Waals surface area contributed by atoms with E-state index in [1.54, 1.807) is 0 Å². The first-order valence-corrected chi connectivity index (χ1v) is 10.2. The number of nitrogens with zero attached hydrogens (tertiary/aromatic N) is 2. The highest BCUT2D eigenvalue weighted by Crippen LogP contribution is 2.22. The third-order valence-electron chi connectivity index (χ3n) is 5.40. The second-order valence-corrected chi connectivity index (χ2v) is 8.66. The molecule has 2 aliphatic rings. The first-order valence-electron chi connectivity index (χ1n) is 10.2. The molecule has 0 spiro atoms. The molecule has 0 radical (unpaired) electrons. The van der Waals surface area contributed by atoms with Crippen LogP contribution in [0.3, 0.4) is 0 Å². The Morgan fingerprint density at radius 3 is 2.00 bits per heavy atom. The minimum atomic E-state index is -0.0920. The van der Waals surface area contributed by atoms with Crippen molar-refractivity contribution in [1.82, 2.24) is 15.1 Å². The lowest BCUT2D eigenvalue weighted by molar-refractivity contribution is -0.146. The Morgan fingerprint density at radius 1 is 1.00 bits per heavy atom. The van der Waals surface area contributed by atoms with Crippen LogP contribution >= 0.6 is 0 Å². The average molecular weight is 368 g/mol. The van der Waals surface area contributed by atoms with E-state index in [1.807, 2.05) is 18.7 Å². The van der Waals surface area contributed by atoms with Crippen molar-refractivity contribution in [2.75, 3.05) is 26.2 Å². The van der Waals surface area contributed by atoms with Crippen molar-refractivity contribution in [1.29, 1.82) is 0 Å². The van der Waals surface area contributed by atoms with Gasteiger partial charge in [-0.3, -0.25) is 14.5 Å². The van der Waals surface area contributed by atoms with Gasteiger partial charge in [-0.15, -0.1) is 0 Å². The lowest BCUT2D eigenvalue weighted by Crippen LogP contribution is -2.59. The highest BCUT2D eigenvalue weighted by atomic mass is 16.5. The van der Waals surface area contributed by atoms with E-state index in [1.165, 1.54) is 0 Å². The van der Waals surface area contributed by atoms with Crippen molar-refractivity contribution in [3.8, 4) is 0 Å². The fourth-order valence-corrected chi connectivity index (χ4v) is 4.11. The summed E-state index contributed by atoms with van der Waals surface area (Å²) in [5.74, 6) is 0.602. The average Bonchev–Trinajstić information content (AvgIpc) is 2.54. The van der Waals surface area contributed by atoms with Crippen molar-refractivity contribution in [2.24, 2.45) is 11.8 Å². The summed E-state index contributed by atoms with van der Waals surface area (Å²) in [6.45, 7) is 15.3. The second-order valence-electron chi connectivity index (χ2n) is 8.66. The van der Waals surface area contributed by atoms with Gasteiger partial charge < -0.3 is 15.0 Å². The minimum Gasteiger partial charge on any atom is -0.373 e. The number of ether oxygens (including phenoxy) is 1. The van der Waals surface area contributed by atoms with E-state index >= 15 is 0 Å². The number of carbonyl (C=O) groups is 2. The van der Waals surface area contributed by atoms with E-state index in [0.29, 0.717) is 0 Å². The molecule has 2 saturated heterocycles. The number of hydrogen-bond acceptors (Lipinski definition) is 4. The van der Waals surface area contributed by atoms with E-state index in [2.05, 4.69) is 37.9 Å². The summed E-state index contributed by atoms with van der Waals surface area (Å²) in [7, 11) is 0. The van der Waals surface area contributed by atoms with Crippen LogP contribution in [0, 0.1) is 11.8 Å². The second kappa shape index (κ2) is 9.18. The molecule has 0 aromatic heterocycles. The molecule has 2 fully saturated rings. The maximum absolute atomic E-state index is 13.2. The molecule has 0 aromatic rings. The van der Waals surface area contributed by atoms with Crippen molar-refractivity contribution >= 4 is 11.8 Å². The van der Waals surface area contributed by atoms with Gasteiger partial charge in [0.2, 0.25) is 11.8 Å². The topological polar surface area (TPSA) is 61.9 Å². The molecule has 2 aliphatic heterocycles. The van der Waals surface area contributed by atoms with Crippen molar-refractivity contribution in [3.63, 3.8) is 0 Å². The van der Waals surface area contributed by atoms with Crippen LogP contribution < -0.4 is 5.32 Å². The van der Waals surface area contributed by atoms with E-state index in [-0.39, 0.29) is 47.9 Å². The predicted octanol–water partition coefficient (Wildman–Crippen LogP) is 1.88. The van der Waals surface area contributed by atoms with Gasteiger partial charge in [-0.05, 0) is 32.6 Å². The lowest BCUT2D eigenvalue weighted by Gasteiger charge is -2.43. The van der Waals surface area contributed by atoms with Crippen LogP contribution in [0.4, 0.5) is 0 Å². The van der Waals surface area contributed by atoms with Gasteiger partial charge in [0.25, 0.3) is 0 Å². The van der Waals surface area contributed by atoms with Gasteiger partial charge in [-0.1, -0.05) is 27.7 Å². The summed E-state index contributed by atoms with van der Waals surface area (Å²) < 4.78 is 5.84. The number of rotatable bonds is 5. The number of likely N-dealkylation sites (tertiary alicyclic amines) is 1. The molecule has 1 N–H and O–H groups in total. The number of amides is 2. The van der Waals surface area contributed by atoms with Crippen molar-refractivity contribution in [3.05, 3.63) is 0 Å². The molecule has 2 heterocycles. The number of carbonyl (C=O) groups excluding carboxylic acids is 2.